The summed E-state index contributed by atoms with van der Waals surface area (Å²) in [6.45, 7) is 6.55. The smallest absolute Gasteiger partial charge is 0.163 e. The number of hydrogen-bond donors (Lipinski definition) is 1. The Morgan fingerprint density at radius 3 is 3.00 bits per heavy atom. The molecule has 0 aromatic heterocycles. The minimum absolute atomic E-state index is 0.299. The largest absolute Gasteiger partial charge is 0.316 e. The fraction of sp³-hybridized carbons (Fsp3) is 0.588. The van der Waals surface area contributed by atoms with Gasteiger partial charge in [0.2, 0.25) is 0 Å². The quantitative estimate of drug-likeness (QED) is 0.821. The zero-order valence-corrected chi connectivity index (χ0v) is 12.1. The van der Waals surface area contributed by atoms with Crippen LogP contribution in [0.2, 0.25) is 0 Å². The molecule has 0 bridgehead atoms. The van der Waals surface area contributed by atoms with Gasteiger partial charge in [0, 0.05) is 12.0 Å². The SMILES string of the molecule is CCc1cccc(C(=O)CC(C)C2CCCNC2)c1. The zero-order valence-electron chi connectivity index (χ0n) is 12.1. The third kappa shape index (κ3) is 3.90. The van der Waals surface area contributed by atoms with E-state index in [1.54, 1.807) is 0 Å². The topological polar surface area (TPSA) is 29.1 Å². The molecule has 1 N–H and O–H groups in total. The first-order chi connectivity index (χ1) is 9.20. The van der Waals surface area contributed by atoms with E-state index in [2.05, 4.69) is 25.2 Å². The number of carbonyl (C=O) groups is 1. The van der Waals surface area contributed by atoms with Crippen LogP contribution in [0.25, 0.3) is 0 Å². The van der Waals surface area contributed by atoms with E-state index in [1.165, 1.54) is 18.4 Å². The van der Waals surface area contributed by atoms with Crippen LogP contribution in [-0.2, 0) is 6.42 Å². The lowest BCUT2D eigenvalue weighted by molar-refractivity contribution is 0.0943. The predicted octanol–water partition coefficient (Wildman–Crippen LogP) is 3.46. The molecule has 2 atom stereocenters. The summed E-state index contributed by atoms with van der Waals surface area (Å²) in [5.41, 5.74) is 2.13. The second-order valence-corrected chi connectivity index (χ2v) is 5.76. The monoisotopic (exact) mass is 259 g/mol. The summed E-state index contributed by atoms with van der Waals surface area (Å²) >= 11 is 0. The van der Waals surface area contributed by atoms with Crippen LogP contribution in [-0.4, -0.2) is 18.9 Å². The van der Waals surface area contributed by atoms with Crippen molar-refractivity contribution in [3.8, 4) is 0 Å². The van der Waals surface area contributed by atoms with Crippen molar-refractivity contribution in [1.82, 2.24) is 5.32 Å². The normalized spacial score (nSPS) is 21.1. The maximum atomic E-state index is 12.3. The van der Waals surface area contributed by atoms with Crippen molar-refractivity contribution < 1.29 is 4.79 Å². The van der Waals surface area contributed by atoms with Crippen LogP contribution < -0.4 is 5.32 Å². The first-order valence-electron chi connectivity index (χ1n) is 7.53. The van der Waals surface area contributed by atoms with E-state index in [0.29, 0.717) is 24.0 Å². The third-order valence-electron chi connectivity index (χ3n) is 4.30. The van der Waals surface area contributed by atoms with Crippen LogP contribution in [0.1, 0.15) is 49.0 Å². The summed E-state index contributed by atoms with van der Waals surface area (Å²) in [5, 5.41) is 3.44. The summed E-state index contributed by atoms with van der Waals surface area (Å²) in [4.78, 5) is 12.3. The van der Waals surface area contributed by atoms with Gasteiger partial charge in [-0.2, -0.15) is 0 Å². The highest BCUT2D eigenvalue weighted by molar-refractivity contribution is 5.96. The number of carbonyl (C=O) groups excluding carboxylic acids is 1. The fourth-order valence-electron chi connectivity index (χ4n) is 2.91. The molecule has 0 radical (unpaired) electrons. The number of piperidine rings is 1. The van der Waals surface area contributed by atoms with Crippen LogP contribution in [0.15, 0.2) is 24.3 Å². The van der Waals surface area contributed by atoms with Crippen molar-refractivity contribution in [2.75, 3.05) is 13.1 Å². The van der Waals surface area contributed by atoms with Crippen LogP contribution in [0.4, 0.5) is 0 Å². The molecule has 0 saturated carbocycles. The van der Waals surface area contributed by atoms with Gasteiger partial charge in [0.15, 0.2) is 5.78 Å². The van der Waals surface area contributed by atoms with Gasteiger partial charge >= 0.3 is 0 Å². The molecule has 0 amide bonds. The van der Waals surface area contributed by atoms with Gasteiger partial charge in [-0.25, -0.2) is 0 Å². The molecular weight excluding hydrogens is 234 g/mol. The summed E-state index contributed by atoms with van der Waals surface area (Å²) < 4.78 is 0. The van der Waals surface area contributed by atoms with E-state index in [9.17, 15) is 4.79 Å². The number of benzene rings is 1. The highest BCUT2D eigenvalue weighted by Crippen LogP contribution is 2.24. The molecule has 1 saturated heterocycles. The molecule has 1 aliphatic rings. The van der Waals surface area contributed by atoms with Gasteiger partial charge < -0.3 is 5.32 Å². The number of nitrogens with one attached hydrogen (secondary N) is 1. The van der Waals surface area contributed by atoms with Gasteiger partial charge in [-0.05, 0) is 55.8 Å². The molecule has 2 nitrogen and oxygen atoms in total. The molecule has 1 aromatic carbocycles. The second kappa shape index (κ2) is 6.85. The average Bonchev–Trinajstić information content (AvgIpc) is 2.48. The Labute approximate surface area is 116 Å². The molecular formula is C17H25NO. The van der Waals surface area contributed by atoms with Crippen molar-refractivity contribution in [2.24, 2.45) is 11.8 Å². The Morgan fingerprint density at radius 1 is 1.47 bits per heavy atom. The van der Waals surface area contributed by atoms with E-state index in [-0.39, 0.29) is 0 Å². The van der Waals surface area contributed by atoms with Gasteiger partial charge in [-0.3, -0.25) is 4.79 Å². The molecule has 1 aliphatic heterocycles. The standard InChI is InChI=1S/C17H25NO/c1-3-14-6-4-7-15(11-14)17(19)10-13(2)16-8-5-9-18-12-16/h4,6-7,11,13,16,18H,3,5,8-10,12H2,1-2H3. The van der Waals surface area contributed by atoms with Crippen LogP contribution in [0, 0.1) is 11.8 Å². The van der Waals surface area contributed by atoms with Gasteiger partial charge in [0.1, 0.15) is 0 Å². The Kier molecular flexibility index (Phi) is 5.15. The molecule has 0 spiro atoms. The van der Waals surface area contributed by atoms with Crippen molar-refractivity contribution in [3.63, 3.8) is 0 Å². The molecule has 0 aliphatic carbocycles. The molecule has 1 fully saturated rings. The molecule has 1 heterocycles. The lowest BCUT2D eigenvalue weighted by atomic mass is 9.83. The molecule has 2 unspecified atom stereocenters. The molecule has 19 heavy (non-hydrogen) atoms. The fourth-order valence-corrected chi connectivity index (χ4v) is 2.91. The van der Waals surface area contributed by atoms with E-state index in [4.69, 9.17) is 0 Å². The van der Waals surface area contributed by atoms with Crippen molar-refractivity contribution in [1.29, 1.82) is 0 Å². The Bertz CT molecular complexity index is 421. The van der Waals surface area contributed by atoms with Gasteiger partial charge in [0.05, 0.1) is 0 Å². The number of Topliss-reactive ketones (excluding diaryl/α,β-unsaturated/α-hetero) is 1. The zero-order chi connectivity index (χ0) is 13.7. The minimum atomic E-state index is 0.299. The number of ketones is 1. The summed E-state index contributed by atoms with van der Waals surface area (Å²) in [7, 11) is 0. The third-order valence-corrected chi connectivity index (χ3v) is 4.30. The van der Waals surface area contributed by atoms with Gasteiger partial charge in [-0.15, -0.1) is 0 Å². The predicted molar refractivity (Wildman–Crippen MR) is 79.5 cm³/mol. The van der Waals surface area contributed by atoms with E-state index >= 15 is 0 Å². The van der Waals surface area contributed by atoms with Crippen molar-refractivity contribution in [2.45, 2.75) is 39.5 Å². The number of hydrogen-bond acceptors (Lipinski definition) is 2. The van der Waals surface area contributed by atoms with Gasteiger partial charge in [-0.1, -0.05) is 32.0 Å². The molecule has 1 aromatic rings. The highest BCUT2D eigenvalue weighted by Gasteiger charge is 2.22. The Morgan fingerprint density at radius 2 is 2.32 bits per heavy atom. The van der Waals surface area contributed by atoms with Crippen LogP contribution in [0.3, 0.4) is 0 Å². The van der Waals surface area contributed by atoms with Crippen LogP contribution in [0.5, 0.6) is 0 Å². The maximum absolute atomic E-state index is 12.3. The van der Waals surface area contributed by atoms with E-state index < -0.39 is 0 Å². The van der Waals surface area contributed by atoms with Gasteiger partial charge in [0.25, 0.3) is 0 Å². The van der Waals surface area contributed by atoms with Crippen molar-refractivity contribution in [3.05, 3.63) is 35.4 Å². The van der Waals surface area contributed by atoms with Crippen molar-refractivity contribution >= 4 is 5.78 Å². The van der Waals surface area contributed by atoms with E-state index in [1.807, 2.05) is 18.2 Å². The minimum Gasteiger partial charge on any atom is -0.316 e. The first-order valence-corrected chi connectivity index (χ1v) is 7.53. The Balaban J connectivity index is 1.95. The number of aryl methyl sites for hydroxylation is 1. The average molecular weight is 259 g/mol. The molecule has 104 valence electrons. The summed E-state index contributed by atoms with van der Waals surface area (Å²) in [6, 6.07) is 8.09. The maximum Gasteiger partial charge on any atom is 0.163 e. The number of rotatable bonds is 5. The summed E-state index contributed by atoms with van der Waals surface area (Å²) in [5.74, 6) is 1.44. The first kappa shape index (κ1) is 14.3. The Hall–Kier alpha value is -1.15. The lowest BCUT2D eigenvalue weighted by Crippen LogP contribution is -2.34. The summed E-state index contributed by atoms with van der Waals surface area (Å²) in [6.07, 6.45) is 4.17. The van der Waals surface area contributed by atoms with E-state index in [0.717, 1.165) is 25.1 Å². The second-order valence-electron chi connectivity index (χ2n) is 5.76. The molecule has 2 heteroatoms. The highest BCUT2D eigenvalue weighted by atomic mass is 16.1. The molecule has 2 rings (SSSR count). The lowest BCUT2D eigenvalue weighted by Gasteiger charge is -2.28. The van der Waals surface area contributed by atoms with Crippen LogP contribution >= 0.6 is 0 Å².